The molecule has 0 radical (unpaired) electrons. The van der Waals surface area contributed by atoms with Crippen LogP contribution < -0.4 is 5.56 Å². The molecule has 0 spiro atoms. The van der Waals surface area contributed by atoms with Crippen molar-refractivity contribution in [2.75, 3.05) is 0 Å². The van der Waals surface area contributed by atoms with Gasteiger partial charge >= 0.3 is 0 Å². The van der Waals surface area contributed by atoms with E-state index in [1.54, 1.807) is 15.4 Å². The van der Waals surface area contributed by atoms with E-state index in [9.17, 15) is 4.79 Å². The molecule has 1 aliphatic rings. The second kappa shape index (κ2) is 6.86. The number of aryl methyl sites for hydroxylation is 1. The Hall–Kier alpha value is -3.02. The number of benzene rings is 1. The van der Waals surface area contributed by atoms with Crippen molar-refractivity contribution in [2.24, 2.45) is 5.92 Å². The maximum absolute atomic E-state index is 13.0. The first-order valence-corrected chi connectivity index (χ1v) is 10.0. The highest BCUT2D eigenvalue weighted by Gasteiger charge is 2.17. The van der Waals surface area contributed by atoms with Gasteiger partial charge in [0.05, 0.1) is 17.2 Å². The van der Waals surface area contributed by atoms with Gasteiger partial charge < -0.3 is 0 Å². The standard InChI is InChI=1S/C22H23N5O/c1-15-11-18-19(12-17(15)21-24-20-9-5-6-10-27(20)25-21)23-14-26(22(18)28)13-16-7-3-2-4-8-16/h5-6,9-12,14,16H,2-4,7-8,13H2,1H3. The summed E-state index contributed by atoms with van der Waals surface area (Å²) in [6.07, 6.45) is 9.87. The molecule has 0 bridgehead atoms. The van der Waals surface area contributed by atoms with E-state index in [-0.39, 0.29) is 5.56 Å². The Morgan fingerprint density at radius 1 is 1.14 bits per heavy atom. The lowest BCUT2D eigenvalue weighted by Crippen LogP contribution is -2.25. The zero-order chi connectivity index (χ0) is 19.1. The number of rotatable bonds is 3. The summed E-state index contributed by atoms with van der Waals surface area (Å²) in [5.74, 6) is 1.24. The molecule has 6 heteroatoms. The van der Waals surface area contributed by atoms with Crippen LogP contribution in [0.4, 0.5) is 0 Å². The SMILES string of the molecule is Cc1cc2c(=O)n(CC3CCCCC3)cnc2cc1-c1nc2ccccn2n1. The minimum Gasteiger partial charge on any atom is -0.298 e. The zero-order valence-corrected chi connectivity index (χ0v) is 16.0. The highest BCUT2D eigenvalue weighted by atomic mass is 16.1. The summed E-state index contributed by atoms with van der Waals surface area (Å²) in [5.41, 5.74) is 3.44. The van der Waals surface area contributed by atoms with Gasteiger partial charge in [-0.05, 0) is 55.5 Å². The summed E-state index contributed by atoms with van der Waals surface area (Å²) in [5, 5.41) is 5.23. The first kappa shape index (κ1) is 17.1. The van der Waals surface area contributed by atoms with E-state index in [4.69, 9.17) is 0 Å². The van der Waals surface area contributed by atoms with E-state index < -0.39 is 0 Å². The Bertz CT molecular complexity index is 1180. The Balaban J connectivity index is 1.55. The second-order valence-corrected chi connectivity index (χ2v) is 7.83. The summed E-state index contributed by atoms with van der Waals surface area (Å²) in [6, 6.07) is 9.66. The molecule has 3 heterocycles. The quantitative estimate of drug-likeness (QED) is 0.544. The lowest BCUT2D eigenvalue weighted by atomic mass is 9.89. The largest absolute Gasteiger partial charge is 0.298 e. The number of hydrogen-bond acceptors (Lipinski definition) is 4. The number of fused-ring (bicyclic) bond motifs is 2. The van der Waals surface area contributed by atoms with E-state index in [0.29, 0.717) is 22.6 Å². The Labute approximate surface area is 162 Å². The van der Waals surface area contributed by atoms with Crippen LogP contribution >= 0.6 is 0 Å². The zero-order valence-electron chi connectivity index (χ0n) is 16.0. The fourth-order valence-corrected chi connectivity index (χ4v) is 4.28. The molecule has 6 nitrogen and oxygen atoms in total. The van der Waals surface area contributed by atoms with E-state index in [1.165, 1.54) is 32.1 Å². The van der Waals surface area contributed by atoms with Gasteiger partial charge in [0, 0.05) is 18.3 Å². The van der Waals surface area contributed by atoms with Gasteiger partial charge in [-0.15, -0.1) is 5.10 Å². The molecule has 1 aliphatic carbocycles. The number of pyridine rings is 1. The molecule has 5 rings (SSSR count). The fraction of sp³-hybridized carbons (Fsp3) is 0.364. The molecular formula is C22H23N5O. The topological polar surface area (TPSA) is 65.1 Å². The van der Waals surface area contributed by atoms with Gasteiger partial charge in [0.2, 0.25) is 0 Å². The smallest absolute Gasteiger partial charge is 0.261 e. The van der Waals surface area contributed by atoms with Crippen molar-refractivity contribution in [3.63, 3.8) is 0 Å². The molecule has 0 saturated heterocycles. The minimum absolute atomic E-state index is 0.0492. The summed E-state index contributed by atoms with van der Waals surface area (Å²) in [6.45, 7) is 2.77. The lowest BCUT2D eigenvalue weighted by molar-refractivity contribution is 0.315. The molecule has 0 N–H and O–H groups in total. The summed E-state index contributed by atoms with van der Waals surface area (Å²) in [7, 11) is 0. The van der Waals surface area contributed by atoms with Gasteiger partial charge in [-0.3, -0.25) is 9.36 Å². The van der Waals surface area contributed by atoms with Crippen molar-refractivity contribution in [1.29, 1.82) is 0 Å². The highest BCUT2D eigenvalue weighted by molar-refractivity contribution is 5.84. The van der Waals surface area contributed by atoms with Crippen LogP contribution in [-0.2, 0) is 6.54 Å². The maximum atomic E-state index is 13.0. The van der Waals surface area contributed by atoms with E-state index in [0.717, 1.165) is 23.3 Å². The lowest BCUT2D eigenvalue weighted by Gasteiger charge is -2.22. The minimum atomic E-state index is 0.0492. The summed E-state index contributed by atoms with van der Waals surface area (Å²) in [4.78, 5) is 22.2. The average molecular weight is 373 g/mol. The monoisotopic (exact) mass is 373 g/mol. The van der Waals surface area contributed by atoms with Crippen LogP contribution in [0.5, 0.6) is 0 Å². The molecule has 4 aromatic rings. The fourth-order valence-electron chi connectivity index (χ4n) is 4.28. The molecule has 0 unspecified atom stereocenters. The van der Waals surface area contributed by atoms with Crippen molar-refractivity contribution >= 4 is 16.6 Å². The first-order valence-electron chi connectivity index (χ1n) is 10.0. The second-order valence-electron chi connectivity index (χ2n) is 7.83. The van der Waals surface area contributed by atoms with Crippen LogP contribution in [0.3, 0.4) is 0 Å². The van der Waals surface area contributed by atoms with Crippen molar-refractivity contribution in [2.45, 2.75) is 45.6 Å². The Morgan fingerprint density at radius 2 is 2.00 bits per heavy atom. The summed E-state index contributed by atoms with van der Waals surface area (Å²) < 4.78 is 3.55. The molecule has 1 aromatic carbocycles. The summed E-state index contributed by atoms with van der Waals surface area (Å²) >= 11 is 0. The molecule has 0 atom stereocenters. The molecule has 3 aromatic heterocycles. The van der Waals surface area contributed by atoms with E-state index in [1.807, 2.05) is 43.5 Å². The third-order valence-corrected chi connectivity index (χ3v) is 5.83. The van der Waals surface area contributed by atoms with Crippen LogP contribution in [0.1, 0.15) is 37.7 Å². The number of hydrogen-bond donors (Lipinski definition) is 0. The normalized spacial score (nSPS) is 15.5. The maximum Gasteiger partial charge on any atom is 0.261 e. The molecular weight excluding hydrogens is 350 g/mol. The van der Waals surface area contributed by atoms with Gasteiger partial charge in [-0.1, -0.05) is 25.3 Å². The van der Waals surface area contributed by atoms with Crippen LogP contribution in [0, 0.1) is 12.8 Å². The van der Waals surface area contributed by atoms with Gasteiger partial charge in [-0.2, -0.15) is 0 Å². The molecule has 0 aliphatic heterocycles. The third kappa shape index (κ3) is 2.99. The number of aromatic nitrogens is 5. The van der Waals surface area contributed by atoms with Gasteiger partial charge in [0.25, 0.3) is 5.56 Å². The molecule has 0 amide bonds. The Kier molecular flexibility index (Phi) is 4.19. The van der Waals surface area contributed by atoms with Crippen LogP contribution in [0.25, 0.3) is 27.9 Å². The van der Waals surface area contributed by atoms with Crippen molar-refractivity contribution in [3.05, 3.63) is 58.8 Å². The first-order chi connectivity index (χ1) is 13.7. The molecule has 142 valence electrons. The molecule has 28 heavy (non-hydrogen) atoms. The van der Waals surface area contributed by atoms with Crippen LogP contribution in [-0.4, -0.2) is 24.1 Å². The van der Waals surface area contributed by atoms with Crippen LogP contribution in [0.15, 0.2) is 47.7 Å². The van der Waals surface area contributed by atoms with E-state index >= 15 is 0 Å². The molecule has 1 saturated carbocycles. The van der Waals surface area contributed by atoms with Gasteiger partial charge in [0.15, 0.2) is 11.5 Å². The third-order valence-electron chi connectivity index (χ3n) is 5.83. The predicted octanol–water partition coefficient (Wildman–Crippen LogP) is 3.99. The van der Waals surface area contributed by atoms with Crippen molar-refractivity contribution < 1.29 is 0 Å². The average Bonchev–Trinajstić information content (AvgIpc) is 3.15. The van der Waals surface area contributed by atoms with Gasteiger partial charge in [0.1, 0.15) is 0 Å². The number of nitrogens with zero attached hydrogens (tertiary/aromatic N) is 5. The molecule has 1 fully saturated rings. The van der Waals surface area contributed by atoms with Crippen molar-refractivity contribution in [1.82, 2.24) is 24.1 Å². The highest BCUT2D eigenvalue weighted by Crippen LogP contribution is 2.26. The van der Waals surface area contributed by atoms with E-state index in [2.05, 4.69) is 15.1 Å². The van der Waals surface area contributed by atoms with Crippen LogP contribution in [0.2, 0.25) is 0 Å². The Morgan fingerprint density at radius 3 is 2.82 bits per heavy atom. The van der Waals surface area contributed by atoms with Gasteiger partial charge in [-0.25, -0.2) is 14.5 Å². The van der Waals surface area contributed by atoms with Crippen molar-refractivity contribution in [3.8, 4) is 11.4 Å². The predicted molar refractivity (Wildman–Crippen MR) is 109 cm³/mol.